The van der Waals surface area contributed by atoms with Gasteiger partial charge in [-0.3, -0.25) is 0 Å². The molecule has 0 aliphatic carbocycles. The summed E-state index contributed by atoms with van der Waals surface area (Å²) in [6.45, 7) is 2.06. The lowest BCUT2D eigenvalue weighted by Gasteiger charge is -2.26. The maximum Gasteiger partial charge on any atom is 0.178 e. The molecule has 0 saturated carbocycles. The molecule has 0 saturated heterocycles. The van der Waals surface area contributed by atoms with E-state index in [1.807, 2.05) is 23.1 Å². The second-order valence-corrected chi connectivity index (χ2v) is 5.49. The molecule has 5 heteroatoms. The summed E-state index contributed by atoms with van der Waals surface area (Å²) in [6.07, 6.45) is 0.893. The van der Waals surface area contributed by atoms with Crippen molar-refractivity contribution in [1.82, 2.24) is 0 Å². The topological polar surface area (TPSA) is 15.3 Å². The molecule has 0 radical (unpaired) electrons. The Balaban J connectivity index is 1.86. The Morgan fingerprint density at radius 3 is 2.76 bits per heavy atom. The quantitative estimate of drug-likeness (QED) is 0.798. The summed E-state index contributed by atoms with van der Waals surface area (Å²) in [7, 11) is 0. The Hall–Kier alpha value is -2.01. The third kappa shape index (κ3) is 2.61. The van der Waals surface area contributed by atoms with Crippen LogP contribution in [0.3, 0.4) is 0 Å². The Labute approximate surface area is 127 Å². The van der Waals surface area contributed by atoms with Crippen LogP contribution in [-0.2, 0) is 6.42 Å². The summed E-state index contributed by atoms with van der Waals surface area (Å²) in [5.74, 6) is -1.26. The maximum absolute atomic E-state index is 13.7. The average Bonchev–Trinajstić information content (AvgIpc) is 2.77. The third-order valence-electron chi connectivity index (χ3n) is 3.60. The number of anilines is 2. The zero-order valence-electron chi connectivity index (χ0n) is 11.4. The molecule has 2 aromatic carbocycles. The molecule has 1 N–H and O–H groups in total. The molecule has 2 nitrogen and oxygen atoms in total. The number of para-hydroxylation sites is 1. The van der Waals surface area contributed by atoms with Crippen molar-refractivity contribution in [2.75, 3.05) is 10.2 Å². The van der Waals surface area contributed by atoms with Crippen LogP contribution in [0.4, 0.5) is 20.2 Å². The zero-order valence-corrected chi connectivity index (χ0v) is 12.3. The van der Waals surface area contributed by atoms with E-state index in [1.165, 1.54) is 17.7 Å². The van der Waals surface area contributed by atoms with E-state index in [0.717, 1.165) is 18.2 Å². The van der Waals surface area contributed by atoms with Gasteiger partial charge in [0.2, 0.25) is 0 Å². The van der Waals surface area contributed by atoms with E-state index < -0.39 is 11.6 Å². The van der Waals surface area contributed by atoms with Gasteiger partial charge in [-0.2, -0.15) is 0 Å². The highest BCUT2D eigenvalue weighted by molar-refractivity contribution is 7.80. The molecule has 3 rings (SSSR count). The fourth-order valence-corrected chi connectivity index (χ4v) is 3.03. The van der Waals surface area contributed by atoms with Gasteiger partial charge < -0.3 is 10.2 Å². The SMILES string of the molecule is CC1Cc2ccccc2N1C(=S)Nc1ccc(F)cc1F. The van der Waals surface area contributed by atoms with Crippen LogP contribution in [0.25, 0.3) is 0 Å². The van der Waals surface area contributed by atoms with E-state index in [0.29, 0.717) is 5.11 Å². The Morgan fingerprint density at radius 1 is 1.24 bits per heavy atom. The van der Waals surface area contributed by atoms with E-state index in [2.05, 4.69) is 18.3 Å². The number of rotatable bonds is 1. The van der Waals surface area contributed by atoms with Gasteiger partial charge in [-0.25, -0.2) is 8.78 Å². The van der Waals surface area contributed by atoms with Gasteiger partial charge in [-0.1, -0.05) is 18.2 Å². The number of hydrogen-bond acceptors (Lipinski definition) is 1. The normalized spacial score (nSPS) is 16.7. The lowest BCUT2D eigenvalue weighted by Crippen LogP contribution is -2.39. The molecule has 1 unspecified atom stereocenters. The number of benzene rings is 2. The fraction of sp³-hybridized carbons (Fsp3) is 0.188. The van der Waals surface area contributed by atoms with Crippen molar-refractivity contribution in [2.24, 2.45) is 0 Å². The first-order valence-corrected chi connectivity index (χ1v) is 7.10. The van der Waals surface area contributed by atoms with Crippen molar-refractivity contribution >= 4 is 28.7 Å². The molecular weight excluding hydrogens is 290 g/mol. The minimum atomic E-state index is -0.655. The monoisotopic (exact) mass is 304 g/mol. The minimum Gasteiger partial charge on any atom is -0.330 e. The molecule has 21 heavy (non-hydrogen) atoms. The van der Waals surface area contributed by atoms with Gasteiger partial charge >= 0.3 is 0 Å². The van der Waals surface area contributed by atoms with Crippen molar-refractivity contribution in [2.45, 2.75) is 19.4 Å². The first-order valence-electron chi connectivity index (χ1n) is 6.69. The molecule has 0 amide bonds. The van der Waals surface area contributed by atoms with Crippen LogP contribution in [-0.4, -0.2) is 11.2 Å². The Morgan fingerprint density at radius 2 is 2.00 bits per heavy atom. The molecule has 1 heterocycles. The van der Waals surface area contributed by atoms with Crippen LogP contribution in [0.15, 0.2) is 42.5 Å². The Kier molecular flexibility index (Phi) is 3.59. The van der Waals surface area contributed by atoms with Crippen molar-refractivity contribution in [3.8, 4) is 0 Å². The molecule has 1 aliphatic rings. The van der Waals surface area contributed by atoms with Crippen LogP contribution < -0.4 is 10.2 Å². The van der Waals surface area contributed by atoms with Crippen LogP contribution >= 0.6 is 12.2 Å². The van der Waals surface area contributed by atoms with E-state index >= 15 is 0 Å². The number of nitrogens with one attached hydrogen (secondary N) is 1. The highest BCUT2D eigenvalue weighted by Crippen LogP contribution is 2.32. The van der Waals surface area contributed by atoms with Crippen molar-refractivity contribution < 1.29 is 8.78 Å². The van der Waals surface area contributed by atoms with Gasteiger partial charge in [0.1, 0.15) is 11.6 Å². The summed E-state index contributed by atoms with van der Waals surface area (Å²) >= 11 is 5.40. The summed E-state index contributed by atoms with van der Waals surface area (Å²) in [6, 6.07) is 11.6. The zero-order chi connectivity index (χ0) is 15.0. The van der Waals surface area contributed by atoms with Gasteiger partial charge in [0, 0.05) is 17.8 Å². The molecule has 0 bridgehead atoms. The summed E-state index contributed by atoms with van der Waals surface area (Å²) in [5, 5.41) is 3.28. The van der Waals surface area contributed by atoms with Gasteiger partial charge in [-0.05, 0) is 49.3 Å². The van der Waals surface area contributed by atoms with Crippen LogP contribution in [0.5, 0.6) is 0 Å². The lowest BCUT2D eigenvalue weighted by molar-refractivity contribution is 0.586. The summed E-state index contributed by atoms with van der Waals surface area (Å²) in [4.78, 5) is 1.97. The number of hydrogen-bond donors (Lipinski definition) is 1. The van der Waals surface area contributed by atoms with Crippen LogP contribution in [0.2, 0.25) is 0 Å². The maximum atomic E-state index is 13.7. The number of fused-ring (bicyclic) bond motifs is 1. The van der Waals surface area contributed by atoms with E-state index in [4.69, 9.17) is 12.2 Å². The van der Waals surface area contributed by atoms with Crippen molar-refractivity contribution in [3.63, 3.8) is 0 Å². The van der Waals surface area contributed by atoms with E-state index in [-0.39, 0.29) is 11.7 Å². The van der Waals surface area contributed by atoms with E-state index in [1.54, 1.807) is 0 Å². The summed E-state index contributed by atoms with van der Waals surface area (Å²) < 4.78 is 26.6. The molecule has 108 valence electrons. The largest absolute Gasteiger partial charge is 0.330 e. The van der Waals surface area contributed by atoms with Gasteiger partial charge in [-0.15, -0.1) is 0 Å². The standard InChI is InChI=1S/C16H14F2N2S/c1-10-8-11-4-2-3-5-15(11)20(10)16(21)19-14-7-6-12(17)9-13(14)18/h2-7,9-10H,8H2,1H3,(H,19,21). The fourth-order valence-electron chi connectivity index (χ4n) is 2.64. The van der Waals surface area contributed by atoms with Crippen LogP contribution in [0, 0.1) is 11.6 Å². The van der Waals surface area contributed by atoms with E-state index in [9.17, 15) is 8.78 Å². The molecule has 0 spiro atoms. The van der Waals surface area contributed by atoms with Crippen molar-refractivity contribution in [3.05, 3.63) is 59.7 Å². The molecule has 0 fully saturated rings. The van der Waals surface area contributed by atoms with Crippen molar-refractivity contribution in [1.29, 1.82) is 0 Å². The lowest BCUT2D eigenvalue weighted by atomic mass is 10.1. The summed E-state index contributed by atoms with van der Waals surface area (Å²) in [5.41, 5.74) is 2.43. The predicted octanol–water partition coefficient (Wildman–Crippen LogP) is 4.11. The van der Waals surface area contributed by atoms with Gasteiger partial charge in [0.25, 0.3) is 0 Å². The first kappa shape index (κ1) is 13.9. The van der Waals surface area contributed by atoms with Crippen LogP contribution in [0.1, 0.15) is 12.5 Å². The Bertz CT molecular complexity index is 702. The number of nitrogens with zero attached hydrogens (tertiary/aromatic N) is 1. The average molecular weight is 304 g/mol. The predicted molar refractivity (Wildman–Crippen MR) is 84.7 cm³/mol. The van der Waals surface area contributed by atoms with Gasteiger partial charge in [0.05, 0.1) is 5.69 Å². The first-order chi connectivity index (χ1) is 10.1. The van der Waals surface area contributed by atoms with Gasteiger partial charge in [0.15, 0.2) is 5.11 Å². The minimum absolute atomic E-state index is 0.179. The highest BCUT2D eigenvalue weighted by atomic mass is 32.1. The number of halogens is 2. The molecule has 2 aromatic rings. The second kappa shape index (κ2) is 5.41. The molecule has 1 aliphatic heterocycles. The highest BCUT2D eigenvalue weighted by Gasteiger charge is 2.28. The number of thiocarbonyl (C=S) groups is 1. The second-order valence-electron chi connectivity index (χ2n) is 5.11. The third-order valence-corrected chi connectivity index (χ3v) is 3.90. The smallest absolute Gasteiger partial charge is 0.178 e. The molecule has 0 aromatic heterocycles. The molecular formula is C16H14F2N2S. The molecule has 1 atom stereocenters.